The average Bonchev–Trinajstić information content (AvgIpc) is 3.22. The molecule has 0 aliphatic carbocycles. The summed E-state index contributed by atoms with van der Waals surface area (Å²) < 4.78 is 1.63. The van der Waals surface area contributed by atoms with E-state index in [-0.39, 0.29) is 17.2 Å². The van der Waals surface area contributed by atoms with E-state index in [1.807, 2.05) is 42.5 Å². The highest BCUT2D eigenvalue weighted by Gasteiger charge is 2.25. The molecule has 174 valence electrons. The first-order valence-corrected chi connectivity index (χ1v) is 13.3. The Labute approximate surface area is 210 Å². The number of carbonyl (C=O) groups excluding carboxylic acids is 1. The lowest BCUT2D eigenvalue weighted by Crippen LogP contribution is -2.30. The molecule has 1 N–H and O–H groups in total. The number of likely N-dealkylation sites (N-methyl/N-ethyl adjacent to an activating group) is 1. The monoisotopic (exact) mass is 510 g/mol. The predicted molar refractivity (Wildman–Crippen MR) is 141 cm³/mol. The summed E-state index contributed by atoms with van der Waals surface area (Å²) >= 11 is 9.01. The maximum atomic E-state index is 13.8. The van der Waals surface area contributed by atoms with E-state index in [4.69, 9.17) is 16.6 Å². The van der Waals surface area contributed by atoms with Gasteiger partial charge in [-0.3, -0.25) is 19.1 Å². The van der Waals surface area contributed by atoms with Crippen LogP contribution in [0.1, 0.15) is 17.4 Å². The van der Waals surface area contributed by atoms with Gasteiger partial charge in [-0.15, -0.1) is 11.3 Å². The minimum atomic E-state index is -0.212. The number of halogens is 1. The van der Waals surface area contributed by atoms with Crippen LogP contribution in [0.15, 0.2) is 64.5 Å². The number of nitrogens with one attached hydrogen (secondary N) is 1. The number of fused-ring (bicyclic) bond motifs is 3. The van der Waals surface area contributed by atoms with E-state index in [0.717, 1.165) is 42.1 Å². The van der Waals surface area contributed by atoms with E-state index < -0.39 is 0 Å². The van der Waals surface area contributed by atoms with E-state index in [1.54, 1.807) is 28.0 Å². The number of amides is 1. The van der Waals surface area contributed by atoms with E-state index in [9.17, 15) is 9.59 Å². The van der Waals surface area contributed by atoms with E-state index >= 15 is 0 Å². The third kappa shape index (κ3) is 4.51. The van der Waals surface area contributed by atoms with Crippen molar-refractivity contribution in [2.24, 2.45) is 0 Å². The number of aromatic nitrogens is 2. The average molecular weight is 511 g/mol. The maximum Gasteiger partial charge on any atom is 0.267 e. The molecule has 1 aliphatic heterocycles. The molecule has 1 amide bonds. The highest BCUT2D eigenvalue weighted by Crippen LogP contribution is 2.34. The lowest BCUT2D eigenvalue weighted by atomic mass is 10.1. The van der Waals surface area contributed by atoms with Gasteiger partial charge in [0.2, 0.25) is 5.91 Å². The molecular formula is C25H23ClN4O2S2. The second kappa shape index (κ2) is 9.92. The molecule has 2 aromatic carbocycles. The van der Waals surface area contributed by atoms with Crippen molar-refractivity contribution in [1.29, 1.82) is 0 Å². The van der Waals surface area contributed by atoms with Crippen LogP contribution in [0, 0.1) is 0 Å². The number of para-hydroxylation sites is 2. The smallest absolute Gasteiger partial charge is 0.267 e. The third-order valence-corrected chi connectivity index (χ3v) is 8.24. The molecule has 3 heterocycles. The third-order valence-electron chi connectivity index (χ3n) is 5.86. The summed E-state index contributed by atoms with van der Waals surface area (Å²) in [4.78, 5) is 35.7. The number of nitrogens with zero attached hydrogens (tertiary/aromatic N) is 3. The number of hydrogen-bond donors (Lipinski definition) is 1. The Morgan fingerprint density at radius 1 is 1.18 bits per heavy atom. The molecule has 4 aromatic rings. The Bertz CT molecular complexity index is 1420. The highest BCUT2D eigenvalue weighted by atomic mass is 35.5. The number of rotatable bonds is 6. The molecule has 2 aromatic heterocycles. The summed E-state index contributed by atoms with van der Waals surface area (Å²) in [5.41, 5.74) is 2.35. The molecule has 9 heteroatoms. The van der Waals surface area contributed by atoms with Gasteiger partial charge in [0.05, 0.1) is 27.5 Å². The van der Waals surface area contributed by atoms with Crippen LogP contribution >= 0.6 is 34.7 Å². The molecule has 0 fully saturated rings. The molecule has 5 rings (SSSR count). The number of benzene rings is 2. The van der Waals surface area contributed by atoms with Gasteiger partial charge in [0.15, 0.2) is 5.16 Å². The molecule has 0 atom stereocenters. The topological polar surface area (TPSA) is 67.2 Å². The fourth-order valence-corrected chi connectivity index (χ4v) is 6.43. The van der Waals surface area contributed by atoms with Gasteiger partial charge in [-0.25, -0.2) is 4.98 Å². The van der Waals surface area contributed by atoms with Gasteiger partial charge in [0.1, 0.15) is 4.83 Å². The number of anilines is 1. The highest BCUT2D eigenvalue weighted by molar-refractivity contribution is 7.99. The molecule has 1 aliphatic rings. The Morgan fingerprint density at radius 3 is 2.71 bits per heavy atom. The first-order valence-electron chi connectivity index (χ1n) is 11.1. The molecule has 6 nitrogen and oxygen atoms in total. The standard InChI is InChI=1S/C25H23ClN4O2S2/c1-2-29-13-12-17-20(14-29)34-23-22(17)24(32)30(16-8-4-3-5-9-16)25(28-23)33-15-21(31)27-19-11-7-6-10-18(19)26/h3-11H,2,12-15H2,1H3,(H,27,31). The molecule has 0 radical (unpaired) electrons. The normalized spacial score (nSPS) is 13.7. The van der Waals surface area contributed by atoms with Crippen molar-refractivity contribution in [1.82, 2.24) is 14.5 Å². The van der Waals surface area contributed by atoms with Crippen molar-refractivity contribution in [2.45, 2.75) is 25.0 Å². The minimum Gasteiger partial charge on any atom is -0.324 e. The predicted octanol–water partition coefficient (Wildman–Crippen LogP) is 5.21. The largest absolute Gasteiger partial charge is 0.324 e. The van der Waals surface area contributed by atoms with Crippen molar-refractivity contribution in [2.75, 3.05) is 24.2 Å². The van der Waals surface area contributed by atoms with Crippen LogP contribution < -0.4 is 10.9 Å². The zero-order chi connectivity index (χ0) is 23.7. The summed E-state index contributed by atoms with van der Waals surface area (Å²) in [6.45, 7) is 4.93. The van der Waals surface area contributed by atoms with Gasteiger partial charge in [0, 0.05) is 18.0 Å². The fraction of sp³-hybridized carbons (Fsp3) is 0.240. The van der Waals surface area contributed by atoms with Crippen molar-refractivity contribution >= 4 is 56.5 Å². The summed E-state index contributed by atoms with van der Waals surface area (Å²) in [5, 5.41) is 4.53. The van der Waals surface area contributed by atoms with Crippen molar-refractivity contribution in [3.8, 4) is 5.69 Å². The molecule has 34 heavy (non-hydrogen) atoms. The van der Waals surface area contributed by atoms with Crippen molar-refractivity contribution < 1.29 is 4.79 Å². The summed E-state index contributed by atoms with van der Waals surface area (Å²) in [6.07, 6.45) is 0.849. The van der Waals surface area contributed by atoms with Gasteiger partial charge < -0.3 is 5.32 Å². The van der Waals surface area contributed by atoms with Crippen LogP contribution in [0.2, 0.25) is 5.02 Å². The molecule has 0 saturated heterocycles. The first-order chi connectivity index (χ1) is 16.5. The lowest BCUT2D eigenvalue weighted by Gasteiger charge is -2.25. The Morgan fingerprint density at radius 2 is 1.94 bits per heavy atom. The summed E-state index contributed by atoms with van der Waals surface area (Å²) in [5.74, 6) is -0.110. The van der Waals surface area contributed by atoms with Crippen LogP contribution in [0.4, 0.5) is 5.69 Å². The van der Waals surface area contributed by atoms with Gasteiger partial charge in [-0.1, -0.05) is 60.6 Å². The van der Waals surface area contributed by atoms with Crippen LogP contribution in [0.5, 0.6) is 0 Å². The van der Waals surface area contributed by atoms with E-state index in [2.05, 4.69) is 17.1 Å². The van der Waals surface area contributed by atoms with Gasteiger partial charge >= 0.3 is 0 Å². The van der Waals surface area contributed by atoms with Crippen LogP contribution in [0.25, 0.3) is 15.9 Å². The SMILES string of the molecule is CCN1CCc2c(sc3nc(SCC(=O)Nc4ccccc4Cl)n(-c4ccccc4)c(=O)c23)C1. The number of thiophene rings is 1. The second-order valence-corrected chi connectivity index (χ2v) is 10.4. The number of carbonyl (C=O) groups is 1. The molecule has 0 spiro atoms. The van der Waals surface area contributed by atoms with Gasteiger partial charge in [-0.2, -0.15) is 0 Å². The molecular weight excluding hydrogens is 488 g/mol. The molecule has 0 unspecified atom stereocenters. The second-order valence-electron chi connectivity index (χ2n) is 7.99. The first kappa shape index (κ1) is 23.1. The summed E-state index contributed by atoms with van der Waals surface area (Å²) in [6, 6.07) is 16.6. The zero-order valence-electron chi connectivity index (χ0n) is 18.6. The Hall–Kier alpha value is -2.65. The zero-order valence-corrected chi connectivity index (χ0v) is 21.0. The van der Waals surface area contributed by atoms with Crippen LogP contribution in [-0.2, 0) is 17.8 Å². The Kier molecular flexibility index (Phi) is 6.74. The lowest BCUT2D eigenvalue weighted by molar-refractivity contribution is -0.113. The van der Waals surface area contributed by atoms with E-state index in [0.29, 0.717) is 21.3 Å². The van der Waals surface area contributed by atoms with Crippen molar-refractivity contribution in [3.05, 3.63) is 80.4 Å². The van der Waals surface area contributed by atoms with E-state index in [1.165, 1.54) is 16.6 Å². The number of thioether (sulfide) groups is 1. The van der Waals surface area contributed by atoms with Gasteiger partial charge in [-0.05, 0) is 42.8 Å². The maximum absolute atomic E-state index is 13.8. The van der Waals surface area contributed by atoms with Crippen LogP contribution in [-0.4, -0.2) is 39.2 Å². The molecule has 0 saturated carbocycles. The fourth-order valence-electron chi connectivity index (χ4n) is 4.13. The molecule has 0 bridgehead atoms. The quantitative estimate of drug-likeness (QED) is 0.285. The van der Waals surface area contributed by atoms with Crippen LogP contribution in [0.3, 0.4) is 0 Å². The van der Waals surface area contributed by atoms with Gasteiger partial charge in [0.25, 0.3) is 5.56 Å². The number of hydrogen-bond acceptors (Lipinski definition) is 6. The van der Waals surface area contributed by atoms with Crippen molar-refractivity contribution in [3.63, 3.8) is 0 Å². The Balaban J connectivity index is 1.52. The minimum absolute atomic E-state index is 0.0762. The summed E-state index contributed by atoms with van der Waals surface area (Å²) in [7, 11) is 0.